The monoisotopic (exact) mass is 255 g/mol. The van der Waals surface area contributed by atoms with Crippen LogP contribution in [0.1, 0.15) is 38.5 Å². The molecule has 0 saturated carbocycles. The molecule has 96 valence electrons. The molecule has 0 aliphatic rings. The van der Waals surface area contributed by atoms with Crippen LogP contribution in [-0.4, -0.2) is 16.9 Å². The van der Waals surface area contributed by atoms with Crippen molar-refractivity contribution in [1.82, 2.24) is 10.3 Å². The lowest BCUT2D eigenvalue weighted by Crippen LogP contribution is -2.33. The van der Waals surface area contributed by atoms with Gasteiger partial charge in [-0.2, -0.15) is 0 Å². The van der Waals surface area contributed by atoms with Gasteiger partial charge in [0.25, 0.3) is 0 Å². The van der Waals surface area contributed by atoms with Crippen LogP contribution in [0.15, 0.2) is 11.7 Å². The number of hydrogen-bond acceptors (Lipinski definition) is 4. The first-order valence-electron chi connectivity index (χ1n) is 5.76. The summed E-state index contributed by atoms with van der Waals surface area (Å²) in [7, 11) is 0. The Hall–Kier alpha value is -0.940. The average molecular weight is 255 g/mol. The van der Waals surface area contributed by atoms with Crippen LogP contribution in [0.2, 0.25) is 0 Å². The lowest BCUT2D eigenvalue weighted by Gasteiger charge is -2.22. The lowest BCUT2D eigenvalue weighted by atomic mass is 9.87. The third-order valence-electron chi connectivity index (χ3n) is 2.27. The fraction of sp³-hybridized carbons (Fsp3) is 0.667. The van der Waals surface area contributed by atoms with Crippen molar-refractivity contribution in [3.8, 4) is 0 Å². The van der Waals surface area contributed by atoms with Gasteiger partial charge >= 0.3 is 0 Å². The Morgan fingerprint density at radius 3 is 2.82 bits per heavy atom. The highest BCUT2D eigenvalue weighted by Crippen LogP contribution is 2.20. The highest BCUT2D eigenvalue weighted by molar-refractivity contribution is 7.09. The van der Waals surface area contributed by atoms with Crippen LogP contribution in [-0.2, 0) is 11.3 Å². The Morgan fingerprint density at radius 2 is 2.29 bits per heavy atom. The zero-order valence-electron chi connectivity index (χ0n) is 10.7. The predicted octanol–water partition coefficient (Wildman–Crippen LogP) is 1.91. The molecule has 1 aromatic rings. The number of aromatic nitrogens is 1. The summed E-state index contributed by atoms with van der Waals surface area (Å²) in [5.41, 5.74) is 7.86. The maximum atomic E-state index is 11.6. The van der Waals surface area contributed by atoms with Crippen LogP contribution in [0.5, 0.6) is 0 Å². The first kappa shape index (κ1) is 14.1. The van der Waals surface area contributed by atoms with Crippen molar-refractivity contribution in [1.29, 1.82) is 0 Å². The number of thiazole rings is 1. The number of carbonyl (C=O) groups excluding carboxylic acids is 1. The molecule has 5 heteroatoms. The highest BCUT2D eigenvalue weighted by atomic mass is 32.1. The van der Waals surface area contributed by atoms with Crippen molar-refractivity contribution >= 4 is 17.2 Å². The van der Waals surface area contributed by atoms with Gasteiger partial charge < -0.3 is 11.1 Å². The largest absolute Gasteiger partial charge is 0.351 e. The van der Waals surface area contributed by atoms with E-state index in [0.29, 0.717) is 13.0 Å². The molecule has 0 fully saturated rings. The van der Waals surface area contributed by atoms with E-state index in [1.54, 1.807) is 11.7 Å². The summed E-state index contributed by atoms with van der Waals surface area (Å²) in [6.45, 7) is 6.93. The summed E-state index contributed by atoms with van der Waals surface area (Å²) in [5, 5.41) is 2.85. The summed E-state index contributed by atoms with van der Waals surface area (Å²) in [5.74, 6) is 0.00940. The Bertz CT molecular complexity index is 343. The Kier molecular flexibility index (Phi) is 5.08. The number of nitrogens with one attached hydrogen (secondary N) is 1. The number of amides is 1. The van der Waals surface area contributed by atoms with Gasteiger partial charge in [-0.25, -0.2) is 0 Å². The fourth-order valence-electron chi connectivity index (χ4n) is 1.68. The van der Waals surface area contributed by atoms with Gasteiger partial charge in [0.2, 0.25) is 5.91 Å². The normalized spacial score (nSPS) is 13.4. The van der Waals surface area contributed by atoms with Crippen LogP contribution in [0.25, 0.3) is 0 Å². The minimum absolute atomic E-state index is 0.00940. The van der Waals surface area contributed by atoms with Crippen molar-refractivity contribution in [3.05, 3.63) is 16.6 Å². The first-order valence-corrected chi connectivity index (χ1v) is 6.64. The number of rotatable bonds is 5. The second-order valence-electron chi connectivity index (χ2n) is 5.47. The topological polar surface area (TPSA) is 68.0 Å². The number of nitrogens with zero attached hydrogens (tertiary/aromatic N) is 1. The number of hydrogen-bond donors (Lipinski definition) is 2. The molecule has 3 N–H and O–H groups in total. The Morgan fingerprint density at radius 1 is 1.59 bits per heavy atom. The zero-order valence-corrected chi connectivity index (χ0v) is 11.5. The summed E-state index contributed by atoms with van der Waals surface area (Å²) in [6.07, 6.45) is 3.00. The number of nitrogens with two attached hydrogens (primary N) is 1. The van der Waals surface area contributed by atoms with Crippen molar-refractivity contribution in [3.63, 3.8) is 0 Å². The molecule has 1 atom stereocenters. The molecule has 0 radical (unpaired) electrons. The van der Waals surface area contributed by atoms with Gasteiger partial charge in [-0.3, -0.25) is 9.78 Å². The molecule has 4 nitrogen and oxygen atoms in total. The summed E-state index contributed by atoms with van der Waals surface area (Å²) < 4.78 is 0. The first-order chi connectivity index (χ1) is 7.87. The standard InChI is InChI=1S/C12H21N3OS/c1-12(2,3)5-9(13)4-11(16)15-7-10-6-14-8-17-10/h6,8-9H,4-5,7,13H2,1-3H3,(H,15,16). The third-order valence-corrected chi connectivity index (χ3v) is 3.05. The molecule has 0 aliphatic heterocycles. The van der Waals surface area contributed by atoms with Gasteiger partial charge in [0.15, 0.2) is 0 Å². The van der Waals surface area contributed by atoms with Gasteiger partial charge in [0.05, 0.1) is 12.1 Å². The SMILES string of the molecule is CC(C)(C)CC(N)CC(=O)NCc1cncs1. The zero-order chi connectivity index (χ0) is 12.9. The maximum absolute atomic E-state index is 11.6. The predicted molar refractivity (Wildman–Crippen MR) is 70.6 cm³/mol. The molecule has 0 saturated heterocycles. The minimum atomic E-state index is -0.0727. The van der Waals surface area contributed by atoms with Crippen molar-refractivity contribution in [2.24, 2.45) is 11.1 Å². The van der Waals surface area contributed by atoms with Crippen LogP contribution < -0.4 is 11.1 Å². The molecule has 1 heterocycles. The summed E-state index contributed by atoms with van der Waals surface area (Å²) >= 11 is 1.54. The third kappa shape index (κ3) is 6.38. The lowest BCUT2D eigenvalue weighted by molar-refractivity contribution is -0.121. The molecule has 1 rings (SSSR count). The summed E-state index contributed by atoms with van der Waals surface area (Å²) in [4.78, 5) is 16.6. The molecule has 1 amide bonds. The second kappa shape index (κ2) is 6.12. The van der Waals surface area contributed by atoms with Gasteiger partial charge in [-0.1, -0.05) is 20.8 Å². The van der Waals surface area contributed by atoms with E-state index >= 15 is 0 Å². The molecule has 17 heavy (non-hydrogen) atoms. The van der Waals surface area contributed by atoms with Crippen LogP contribution in [0.4, 0.5) is 0 Å². The van der Waals surface area contributed by atoms with Crippen molar-refractivity contribution in [2.75, 3.05) is 0 Å². The fourth-order valence-corrected chi connectivity index (χ4v) is 2.22. The van der Waals surface area contributed by atoms with Crippen LogP contribution >= 0.6 is 11.3 Å². The summed E-state index contributed by atoms with van der Waals surface area (Å²) in [6, 6.07) is -0.0727. The highest BCUT2D eigenvalue weighted by Gasteiger charge is 2.17. The van der Waals surface area contributed by atoms with Gasteiger partial charge in [0.1, 0.15) is 0 Å². The van der Waals surface area contributed by atoms with Crippen LogP contribution in [0.3, 0.4) is 0 Å². The number of carbonyl (C=O) groups is 1. The smallest absolute Gasteiger partial charge is 0.221 e. The second-order valence-corrected chi connectivity index (χ2v) is 6.44. The van der Waals surface area contributed by atoms with Crippen LogP contribution in [0, 0.1) is 5.41 Å². The molecule has 1 unspecified atom stereocenters. The van der Waals surface area contributed by atoms with E-state index in [1.807, 2.05) is 0 Å². The molecule has 0 aromatic carbocycles. The van der Waals surface area contributed by atoms with E-state index in [4.69, 9.17) is 5.73 Å². The molecule has 0 spiro atoms. The van der Waals surface area contributed by atoms with E-state index in [1.165, 1.54) is 11.3 Å². The molecule has 0 aliphatic carbocycles. The Labute approximate surface area is 107 Å². The van der Waals surface area contributed by atoms with E-state index in [9.17, 15) is 4.79 Å². The quantitative estimate of drug-likeness (QED) is 0.844. The van der Waals surface area contributed by atoms with Gasteiger partial charge in [-0.15, -0.1) is 11.3 Å². The molecule has 1 aromatic heterocycles. The minimum Gasteiger partial charge on any atom is -0.351 e. The van der Waals surface area contributed by atoms with Crippen molar-refractivity contribution in [2.45, 2.75) is 46.2 Å². The van der Waals surface area contributed by atoms with E-state index in [-0.39, 0.29) is 17.4 Å². The molecule has 0 bridgehead atoms. The van der Waals surface area contributed by atoms with Crippen molar-refractivity contribution < 1.29 is 4.79 Å². The van der Waals surface area contributed by atoms with E-state index in [0.717, 1.165) is 11.3 Å². The average Bonchev–Trinajstić information content (AvgIpc) is 2.63. The van der Waals surface area contributed by atoms with E-state index in [2.05, 4.69) is 31.1 Å². The maximum Gasteiger partial charge on any atom is 0.221 e. The van der Waals surface area contributed by atoms with E-state index < -0.39 is 0 Å². The van der Waals surface area contributed by atoms with Gasteiger partial charge in [-0.05, 0) is 11.8 Å². The molecular weight excluding hydrogens is 234 g/mol. The molecular formula is C12H21N3OS. The Balaban J connectivity index is 2.25. The van der Waals surface area contributed by atoms with Gasteiger partial charge in [0, 0.05) is 23.5 Å².